The largest absolute Gasteiger partial charge is 0.324 e. The number of nitrogens with one attached hydrogen (secondary N) is 1. The normalized spacial score (nSPS) is 10.2. The summed E-state index contributed by atoms with van der Waals surface area (Å²) in [5, 5.41) is 2.55. The van der Waals surface area contributed by atoms with E-state index in [1.165, 1.54) is 0 Å². The number of carbonyl (C=O) groups excluding carboxylic acids is 1. The van der Waals surface area contributed by atoms with Crippen LogP contribution in [0.4, 0.5) is 5.69 Å². The summed E-state index contributed by atoms with van der Waals surface area (Å²) < 4.78 is 0.881. The van der Waals surface area contributed by atoms with Crippen molar-refractivity contribution in [3.8, 4) is 0 Å². The molecule has 0 atom stereocenters. The van der Waals surface area contributed by atoms with Crippen molar-refractivity contribution in [3.63, 3.8) is 0 Å². The zero-order valence-corrected chi connectivity index (χ0v) is 9.53. The maximum Gasteiger partial charge on any atom is 0.257 e. The standard InChI is InChI=1S/C8H6BrCl2NO/c9-5-2-1-3-6(4-5)12-8(13)7(10)11/h1-4,7H,(H,12,13). The summed E-state index contributed by atoms with van der Waals surface area (Å²) in [6, 6.07) is 7.17. The highest BCUT2D eigenvalue weighted by molar-refractivity contribution is 9.10. The summed E-state index contributed by atoms with van der Waals surface area (Å²) >= 11 is 14.0. The van der Waals surface area contributed by atoms with Gasteiger partial charge in [0.05, 0.1) is 0 Å². The molecule has 0 aliphatic rings. The molecule has 0 heterocycles. The Morgan fingerprint density at radius 2 is 2.15 bits per heavy atom. The van der Waals surface area contributed by atoms with E-state index in [4.69, 9.17) is 23.2 Å². The van der Waals surface area contributed by atoms with Gasteiger partial charge in [-0.2, -0.15) is 0 Å². The molecule has 0 unspecified atom stereocenters. The fourth-order valence-corrected chi connectivity index (χ4v) is 1.27. The van der Waals surface area contributed by atoms with E-state index in [9.17, 15) is 4.79 Å². The molecular formula is C8H6BrCl2NO. The predicted octanol–water partition coefficient (Wildman–Crippen LogP) is 3.19. The van der Waals surface area contributed by atoms with E-state index < -0.39 is 10.7 Å². The van der Waals surface area contributed by atoms with Gasteiger partial charge in [0.2, 0.25) is 0 Å². The molecule has 0 spiro atoms. The number of benzene rings is 1. The zero-order valence-electron chi connectivity index (χ0n) is 6.43. The van der Waals surface area contributed by atoms with Gasteiger partial charge in [0.15, 0.2) is 4.84 Å². The van der Waals surface area contributed by atoms with Crippen molar-refractivity contribution in [2.75, 3.05) is 5.32 Å². The minimum absolute atomic E-state index is 0.429. The Kier molecular flexibility index (Phi) is 4.03. The Hall–Kier alpha value is -0.250. The Morgan fingerprint density at radius 3 is 2.69 bits per heavy atom. The van der Waals surface area contributed by atoms with Crippen LogP contribution in [0.5, 0.6) is 0 Å². The molecule has 13 heavy (non-hydrogen) atoms. The third-order valence-electron chi connectivity index (χ3n) is 1.29. The fourth-order valence-electron chi connectivity index (χ4n) is 0.763. The van der Waals surface area contributed by atoms with Crippen LogP contribution in [0.3, 0.4) is 0 Å². The van der Waals surface area contributed by atoms with Crippen molar-refractivity contribution in [1.29, 1.82) is 0 Å². The van der Waals surface area contributed by atoms with Crippen LogP contribution in [-0.4, -0.2) is 10.7 Å². The van der Waals surface area contributed by atoms with Crippen LogP contribution < -0.4 is 5.32 Å². The molecule has 0 bridgehead atoms. The minimum Gasteiger partial charge on any atom is -0.324 e. The van der Waals surface area contributed by atoms with E-state index in [2.05, 4.69) is 21.2 Å². The first-order valence-corrected chi connectivity index (χ1v) is 5.11. The molecule has 5 heteroatoms. The molecule has 1 amide bonds. The van der Waals surface area contributed by atoms with Crippen molar-refractivity contribution in [1.82, 2.24) is 0 Å². The van der Waals surface area contributed by atoms with Crippen LogP contribution in [0.15, 0.2) is 28.7 Å². The van der Waals surface area contributed by atoms with Gasteiger partial charge in [0, 0.05) is 10.2 Å². The van der Waals surface area contributed by atoms with Crippen LogP contribution in [-0.2, 0) is 4.79 Å². The highest BCUT2D eigenvalue weighted by Crippen LogP contribution is 2.16. The van der Waals surface area contributed by atoms with Crippen molar-refractivity contribution in [3.05, 3.63) is 28.7 Å². The number of hydrogen-bond acceptors (Lipinski definition) is 1. The van der Waals surface area contributed by atoms with Crippen molar-refractivity contribution < 1.29 is 4.79 Å². The third kappa shape index (κ3) is 3.55. The molecule has 0 aromatic heterocycles. The highest BCUT2D eigenvalue weighted by atomic mass is 79.9. The van der Waals surface area contributed by atoms with Gasteiger partial charge < -0.3 is 5.32 Å². The second-order valence-electron chi connectivity index (χ2n) is 2.30. The number of hydrogen-bond donors (Lipinski definition) is 1. The summed E-state index contributed by atoms with van der Waals surface area (Å²) in [4.78, 5) is 9.99. The maximum absolute atomic E-state index is 11.0. The summed E-state index contributed by atoms with van der Waals surface area (Å²) in [6.07, 6.45) is 0. The van der Waals surface area contributed by atoms with Crippen LogP contribution in [0.25, 0.3) is 0 Å². The van der Waals surface area contributed by atoms with Gasteiger partial charge in [-0.1, -0.05) is 45.2 Å². The molecule has 1 aromatic carbocycles. The summed E-state index contributed by atoms with van der Waals surface area (Å²) in [7, 11) is 0. The first kappa shape index (κ1) is 10.8. The van der Waals surface area contributed by atoms with Crippen LogP contribution in [0.1, 0.15) is 0 Å². The van der Waals surface area contributed by atoms with Crippen molar-refractivity contribution in [2.45, 2.75) is 4.84 Å². The van der Waals surface area contributed by atoms with Gasteiger partial charge in [-0.15, -0.1) is 0 Å². The quantitative estimate of drug-likeness (QED) is 0.830. The molecule has 0 saturated heterocycles. The Balaban J connectivity index is 2.69. The molecule has 0 aliphatic heterocycles. The van der Waals surface area contributed by atoms with Crippen LogP contribution >= 0.6 is 39.1 Å². The van der Waals surface area contributed by atoms with Gasteiger partial charge in [-0.05, 0) is 18.2 Å². The van der Waals surface area contributed by atoms with Gasteiger partial charge in [0.25, 0.3) is 5.91 Å². The second kappa shape index (κ2) is 4.84. The fraction of sp³-hybridized carbons (Fsp3) is 0.125. The van der Waals surface area contributed by atoms with Gasteiger partial charge in [-0.25, -0.2) is 0 Å². The average molecular weight is 283 g/mol. The van der Waals surface area contributed by atoms with Crippen molar-refractivity contribution >= 4 is 50.7 Å². The lowest BCUT2D eigenvalue weighted by molar-refractivity contribution is -0.114. The molecule has 1 rings (SSSR count). The number of alkyl halides is 2. The van der Waals surface area contributed by atoms with E-state index >= 15 is 0 Å². The minimum atomic E-state index is -1.04. The molecule has 1 aromatic rings. The Morgan fingerprint density at radius 1 is 1.46 bits per heavy atom. The van der Waals surface area contributed by atoms with Gasteiger partial charge in [0.1, 0.15) is 0 Å². The number of anilines is 1. The number of amides is 1. The SMILES string of the molecule is O=C(Nc1cccc(Br)c1)C(Cl)Cl. The molecular weight excluding hydrogens is 277 g/mol. The lowest BCUT2D eigenvalue weighted by atomic mass is 10.3. The molecule has 0 saturated carbocycles. The highest BCUT2D eigenvalue weighted by Gasteiger charge is 2.10. The molecule has 0 radical (unpaired) electrons. The van der Waals surface area contributed by atoms with Crippen LogP contribution in [0, 0.1) is 0 Å². The monoisotopic (exact) mass is 281 g/mol. The van der Waals surface area contributed by atoms with Crippen LogP contribution in [0.2, 0.25) is 0 Å². The summed E-state index contributed by atoms with van der Waals surface area (Å²) in [5.74, 6) is -0.429. The van der Waals surface area contributed by atoms with E-state index in [1.807, 2.05) is 6.07 Å². The maximum atomic E-state index is 11.0. The molecule has 70 valence electrons. The number of halogens is 3. The van der Waals surface area contributed by atoms with Gasteiger partial charge in [-0.3, -0.25) is 4.79 Å². The molecule has 0 aliphatic carbocycles. The summed E-state index contributed by atoms with van der Waals surface area (Å²) in [6.45, 7) is 0. The van der Waals surface area contributed by atoms with E-state index in [0.29, 0.717) is 5.69 Å². The average Bonchev–Trinajstić information content (AvgIpc) is 2.04. The van der Waals surface area contributed by atoms with Crippen molar-refractivity contribution in [2.24, 2.45) is 0 Å². The van der Waals surface area contributed by atoms with E-state index in [0.717, 1.165) is 4.47 Å². The number of rotatable bonds is 2. The third-order valence-corrected chi connectivity index (χ3v) is 2.18. The smallest absolute Gasteiger partial charge is 0.257 e. The summed E-state index contributed by atoms with van der Waals surface area (Å²) in [5.41, 5.74) is 0.658. The Labute approximate surface area is 94.3 Å². The predicted molar refractivity (Wildman–Crippen MR) is 58.3 cm³/mol. The molecule has 0 fully saturated rings. The first-order chi connectivity index (χ1) is 6.09. The van der Waals surface area contributed by atoms with Gasteiger partial charge >= 0.3 is 0 Å². The second-order valence-corrected chi connectivity index (χ2v) is 4.31. The molecule has 1 N–H and O–H groups in total. The van der Waals surface area contributed by atoms with E-state index in [-0.39, 0.29) is 0 Å². The topological polar surface area (TPSA) is 29.1 Å². The first-order valence-electron chi connectivity index (χ1n) is 3.44. The van der Waals surface area contributed by atoms with E-state index in [1.54, 1.807) is 18.2 Å². The Bertz CT molecular complexity index is 317. The zero-order chi connectivity index (χ0) is 9.84. The lowest BCUT2D eigenvalue weighted by Gasteiger charge is -2.04. The lowest BCUT2D eigenvalue weighted by Crippen LogP contribution is -2.18. The number of carbonyl (C=O) groups is 1. The molecule has 2 nitrogen and oxygen atoms in total.